The zero-order valence-corrected chi connectivity index (χ0v) is 25.5. The number of piperazine rings is 1. The number of aryl methyl sites for hydroxylation is 1. The molecule has 1 saturated heterocycles. The average molecular weight is 592 g/mol. The number of nitrogens with zero attached hydrogens (tertiary/aromatic N) is 4. The fourth-order valence-electron chi connectivity index (χ4n) is 6.08. The van der Waals surface area contributed by atoms with Crippen molar-refractivity contribution in [3.8, 4) is 17.0 Å². The monoisotopic (exact) mass is 591 g/mol. The first-order chi connectivity index (χ1) is 21.5. The molecule has 228 valence electrons. The number of hydrogen-bond donors (Lipinski definition) is 4. The molecule has 4 aromatic rings. The van der Waals surface area contributed by atoms with Crippen molar-refractivity contribution < 1.29 is 9.90 Å². The number of nitrogens with one attached hydrogen (secondary N) is 3. The van der Waals surface area contributed by atoms with E-state index in [2.05, 4.69) is 74.2 Å². The highest BCUT2D eigenvalue weighted by molar-refractivity contribution is 6.00. The van der Waals surface area contributed by atoms with Gasteiger partial charge in [-0.1, -0.05) is 49.4 Å². The van der Waals surface area contributed by atoms with E-state index in [-0.39, 0.29) is 11.7 Å². The molecule has 1 unspecified atom stereocenters. The number of urea groups is 1. The molecule has 1 fully saturated rings. The number of carbonyl (C=O) groups is 1. The molecule has 9 heteroatoms. The van der Waals surface area contributed by atoms with Gasteiger partial charge in [0, 0.05) is 56.1 Å². The molecule has 4 N–H and O–H groups in total. The molecule has 6 rings (SSSR count). The van der Waals surface area contributed by atoms with Crippen molar-refractivity contribution in [2.24, 2.45) is 0 Å². The molecular formula is C35H41N7O2. The summed E-state index contributed by atoms with van der Waals surface area (Å²) in [4.78, 5) is 27.2. The second-order valence-electron chi connectivity index (χ2n) is 11.7. The number of likely N-dealkylation sites (N-methyl/N-ethyl adjacent to an activating group) is 1. The van der Waals surface area contributed by atoms with Crippen LogP contribution in [0.15, 0.2) is 72.9 Å². The van der Waals surface area contributed by atoms with Crippen molar-refractivity contribution >= 4 is 23.4 Å². The zero-order valence-electron chi connectivity index (χ0n) is 25.5. The minimum Gasteiger partial charge on any atom is -0.506 e. The summed E-state index contributed by atoms with van der Waals surface area (Å²) in [7, 11) is 2.19. The quantitative estimate of drug-likeness (QED) is 0.144. The molecule has 9 nitrogen and oxygen atoms in total. The van der Waals surface area contributed by atoms with E-state index in [1.807, 2.05) is 31.3 Å². The summed E-state index contributed by atoms with van der Waals surface area (Å²) in [6.07, 6.45) is 4.64. The number of aromatic hydroxyl groups is 1. The predicted molar refractivity (Wildman–Crippen MR) is 177 cm³/mol. The maximum atomic E-state index is 12.6. The minimum atomic E-state index is -0.407. The summed E-state index contributed by atoms with van der Waals surface area (Å²) in [6, 6.07) is 21.3. The molecule has 2 amide bonds. The Kier molecular flexibility index (Phi) is 9.04. The van der Waals surface area contributed by atoms with Crippen LogP contribution >= 0.6 is 0 Å². The Bertz CT molecular complexity index is 1600. The lowest BCUT2D eigenvalue weighted by Gasteiger charge is -2.32. The summed E-state index contributed by atoms with van der Waals surface area (Å²) in [6.45, 7) is 8.51. The third-order valence-electron chi connectivity index (χ3n) is 8.70. The zero-order chi connectivity index (χ0) is 30.5. The van der Waals surface area contributed by atoms with E-state index >= 15 is 0 Å². The van der Waals surface area contributed by atoms with Crippen molar-refractivity contribution in [1.82, 2.24) is 19.8 Å². The van der Waals surface area contributed by atoms with Crippen LogP contribution < -0.4 is 16.0 Å². The largest absolute Gasteiger partial charge is 0.506 e. The fourth-order valence-corrected chi connectivity index (χ4v) is 6.08. The van der Waals surface area contributed by atoms with Gasteiger partial charge < -0.3 is 30.9 Å². The van der Waals surface area contributed by atoms with Gasteiger partial charge >= 0.3 is 6.03 Å². The van der Waals surface area contributed by atoms with Crippen LogP contribution in [0, 0.1) is 0 Å². The molecule has 0 radical (unpaired) electrons. The number of hydrogen-bond acceptors (Lipinski definition) is 7. The van der Waals surface area contributed by atoms with E-state index in [9.17, 15) is 9.90 Å². The number of anilines is 3. The van der Waals surface area contributed by atoms with Gasteiger partial charge in [-0.3, -0.25) is 0 Å². The molecule has 1 atom stereocenters. The molecular weight excluding hydrogens is 550 g/mol. The summed E-state index contributed by atoms with van der Waals surface area (Å²) >= 11 is 0. The Labute approximate surface area is 259 Å². The van der Waals surface area contributed by atoms with E-state index in [0.717, 1.165) is 86.5 Å². The average Bonchev–Trinajstić information content (AvgIpc) is 3.05. The number of fused-ring (bicyclic) bond motifs is 3. The third-order valence-corrected chi connectivity index (χ3v) is 8.70. The predicted octanol–water partition coefficient (Wildman–Crippen LogP) is 5.79. The van der Waals surface area contributed by atoms with Crippen molar-refractivity contribution in [2.45, 2.75) is 32.1 Å². The van der Waals surface area contributed by atoms with Crippen molar-refractivity contribution in [3.05, 3.63) is 95.2 Å². The summed E-state index contributed by atoms with van der Waals surface area (Å²) < 4.78 is 0. The number of aromatic nitrogens is 2. The van der Waals surface area contributed by atoms with Gasteiger partial charge in [0.1, 0.15) is 5.75 Å². The van der Waals surface area contributed by atoms with E-state index in [1.165, 1.54) is 5.56 Å². The molecule has 1 aromatic heterocycles. The van der Waals surface area contributed by atoms with Crippen molar-refractivity contribution in [1.29, 1.82) is 0 Å². The van der Waals surface area contributed by atoms with Gasteiger partial charge in [0.2, 0.25) is 5.95 Å². The highest BCUT2D eigenvalue weighted by Gasteiger charge is 2.27. The Morgan fingerprint density at radius 2 is 1.80 bits per heavy atom. The van der Waals surface area contributed by atoms with Crippen LogP contribution in [0.5, 0.6) is 5.75 Å². The lowest BCUT2D eigenvalue weighted by Crippen LogP contribution is -2.44. The summed E-state index contributed by atoms with van der Waals surface area (Å²) in [5, 5.41) is 19.3. The lowest BCUT2D eigenvalue weighted by molar-refractivity contribution is 0.154. The van der Waals surface area contributed by atoms with Crippen molar-refractivity contribution in [2.75, 3.05) is 62.3 Å². The highest BCUT2D eigenvalue weighted by Crippen LogP contribution is 2.42. The van der Waals surface area contributed by atoms with Gasteiger partial charge in [0.15, 0.2) is 0 Å². The lowest BCUT2D eigenvalue weighted by atomic mass is 9.78. The number of rotatable bonds is 9. The molecule has 0 spiro atoms. The maximum absolute atomic E-state index is 12.6. The van der Waals surface area contributed by atoms with Crippen molar-refractivity contribution in [3.63, 3.8) is 0 Å². The van der Waals surface area contributed by atoms with Crippen LogP contribution in [-0.2, 0) is 12.8 Å². The second kappa shape index (κ2) is 13.4. The highest BCUT2D eigenvalue weighted by atomic mass is 16.3. The normalized spacial score (nSPS) is 16.5. The topological polar surface area (TPSA) is 106 Å². The maximum Gasteiger partial charge on any atom is 0.323 e. The van der Waals surface area contributed by atoms with Crippen LogP contribution in [0.25, 0.3) is 11.3 Å². The molecule has 0 saturated carbocycles. The smallest absolute Gasteiger partial charge is 0.323 e. The Morgan fingerprint density at radius 1 is 1.00 bits per heavy atom. The van der Waals surface area contributed by atoms with Gasteiger partial charge in [-0.2, -0.15) is 0 Å². The van der Waals surface area contributed by atoms with Crippen LogP contribution in [0.3, 0.4) is 0 Å². The van der Waals surface area contributed by atoms with Crippen LogP contribution in [-0.4, -0.2) is 77.2 Å². The van der Waals surface area contributed by atoms with E-state index in [0.29, 0.717) is 17.3 Å². The Hall–Kier alpha value is -4.47. The van der Waals surface area contributed by atoms with E-state index in [1.54, 1.807) is 12.1 Å². The first kappa shape index (κ1) is 29.6. The van der Waals surface area contributed by atoms with E-state index in [4.69, 9.17) is 4.98 Å². The van der Waals surface area contributed by atoms with Crippen LogP contribution in [0.4, 0.5) is 22.1 Å². The van der Waals surface area contributed by atoms with Crippen LogP contribution in [0.2, 0.25) is 0 Å². The first-order valence-electron chi connectivity index (χ1n) is 15.6. The first-order valence-corrected chi connectivity index (χ1v) is 15.6. The van der Waals surface area contributed by atoms with E-state index < -0.39 is 6.03 Å². The van der Waals surface area contributed by atoms with Gasteiger partial charge in [0.05, 0.1) is 11.4 Å². The summed E-state index contributed by atoms with van der Waals surface area (Å²) in [5.41, 5.74) is 7.72. The van der Waals surface area contributed by atoms with Gasteiger partial charge in [-0.25, -0.2) is 14.8 Å². The molecule has 2 heterocycles. The van der Waals surface area contributed by atoms with Gasteiger partial charge in [-0.05, 0) is 79.4 Å². The molecule has 44 heavy (non-hydrogen) atoms. The Morgan fingerprint density at radius 3 is 2.57 bits per heavy atom. The van der Waals surface area contributed by atoms with Crippen LogP contribution in [0.1, 0.15) is 41.5 Å². The number of phenols is 1. The molecule has 1 aliphatic heterocycles. The Balaban J connectivity index is 1.09. The minimum absolute atomic E-state index is 0.0548. The fraction of sp³-hybridized carbons (Fsp3) is 0.343. The molecule has 0 bridgehead atoms. The third kappa shape index (κ3) is 6.85. The summed E-state index contributed by atoms with van der Waals surface area (Å²) in [5.74, 6) is 0.888. The van der Waals surface area contributed by atoms with Gasteiger partial charge in [-0.15, -0.1) is 0 Å². The SMILES string of the molecule is CCc1ccc(NC(=O)Nc2ccc(C3Cc4cnc(NCCCN5CCN(C)CC5)nc4-c4ccccc43)cc2)c(O)c1. The standard InChI is InChI=1S/C35H41N7O2/c1-3-24-9-14-31(32(43)21-24)39-35(44)38-27-12-10-25(11-13-27)30-22-26-23-37-34(40-33(26)29-8-5-4-7-28(29)30)36-15-6-16-42-19-17-41(2)18-20-42/h4-5,7-14,21,23,30,43H,3,6,15-20,22H2,1-2H3,(H,36,37,40)(H2,38,39,44). The number of benzene rings is 3. The number of amides is 2. The molecule has 3 aromatic carbocycles. The molecule has 1 aliphatic carbocycles. The second-order valence-corrected chi connectivity index (χ2v) is 11.7. The van der Waals surface area contributed by atoms with Gasteiger partial charge in [0.25, 0.3) is 0 Å². The molecule has 2 aliphatic rings. The number of phenolic OH excluding ortho intramolecular Hbond substituents is 1. The number of carbonyl (C=O) groups excluding carboxylic acids is 1.